The maximum atomic E-state index is 12.6. The van der Waals surface area contributed by atoms with Crippen LogP contribution in [-0.2, 0) is 0 Å². The molecule has 138 valence electrons. The van der Waals surface area contributed by atoms with Crippen molar-refractivity contribution in [2.75, 3.05) is 18.5 Å². The van der Waals surface area contributed by atoms with Crippen molar-refractivity contribution in [2.24, 2.45) is 0 Å². The molecule has 8 heteroatoms. The average molecular weight is 470 g/mol. The van der Waals surface area contributed by atoms with Crippen molar-refractivity contribution in [3.05, 3.63) is 55.1 Å². The number of anilines is 1. The van der Waals surface area contributed by atoms with E-state index in [0.717, 1.165) is 9.13 Å². The van der Waals surface area contributed by atoms with E-state index in [4.69, 9.17) is 9.47 Å². The predicted octanol–water partition coefficient (Wildman–Crippen LogP) is 4.56. The van der Waals surface area contributed by atoms with Crippen LogP contribution < -0.4 is 14.8 Å². The van der Waals surface area contributed by atoms with Crippen molar-refractivity contribution in [2.45, 2.75) is 20.8 Å². The van der Waals surface area contributed by atoms with Gasteiger partial charge in [-0.25, -0.2) is 0 Å². The van der Waals surface area contributed by atoms with E-state index in [9.17, 15) is 14.9 Å². The number of ether oxygens (including phenoxy) is 2. The molecule has 0 aliphatic carbocycles. The van der Waals surface area contributed by atoms with Crippen LogP contribution in [0.3, 0.4) is 0 Å². The zero-order chi connectivity index (χ0) is 19.3. The molecule has 0 aromatic heterocycles. The Bertz CT molecular complexity index is 839. The number of carbonyl (C=O) groups is 1. The van der Waals surface area contributed by atoms with Gasteiger partial charge in [0, 0.05) is 11.6 Å². The molecule has 0 bridgehead atoms. The van der Waals surface area contributed by atoms with Crippen molar-refractivity contribution in [3.8, 4) is 11.5 Å². The van der Waals surface area contributed by atoms with E-state index in [-0.39, 0.29) is 11.4 Å². The van der Waals surface area contributed by atoms with E-state index in [1.165, 1.54) is 12.1 Å². The van der Waals surface area contributed by atoms with Gasteiger partial charge in [0.05, 0.1) is 21.7 Å². The fraction of sp³-hybridized carbons (Fsp3) is 0.278. The zero-order valence-electron chi connectivity index (χ0n) is 14.7. The van der Waals surface area contributed by atoms with Gasteiger partial charge in [-0.3, -0.25) is 14.9 Å². The molecule has 0 fully saturated rings. The van der Waals surface area contributed by atoms with Gasteiger partial charge in [0.2, 0.25) is 0 Å². The first kappa shape index (κ1) is 20.0. The standard InChI is InChI=1S/C18H19IN2O5/c1-4-25-16-10-12(9-13(19)17(16)26-5-2)18(22)20-14-7-6-11(3)8-15(14)21(23)24/h6-10H,4-5H2,1-3H3,(H,20,22). The molecule has 0 saturated heterocycles. The van der Waals surface area contributed by atoms with Crippen molar-refractivity contribution in [1.82, 2.24) is 0 Å². The molecule has 26 heavy (non-hydrogen) atoms. The van der Waals surface area contributed by atoms with Gasteiger partial charge in [0.15, 0.2) is 11.5 Å². The molecule has 2 aromatic carbocycles. The van der Waals surface area contributed by atoms with Crippen LogP contribution in [0.15, 0.2) is 30.3 Å². The summed E-state index contributed by atoms with van der Waals surface area (Å²) in [4.78, 5) is 23.3. The summed E-state index contributed by atoms with van der Waals surface area (Å²) >= 11 is 2.07. The van der Waals surface area contributed by atoms with E-state index in [2.05, 4.69) is 27.9 Å². The summed E-state index contributed by atoms with van der Waals surface area (Å²) in [6, 6.07) is 7.88. The number of hydrogen-bond acceptors (Lipinski definition) is 5. The molecule has 1 amide bonds. The number of carbonyl (C=O) groups excluding carboxylic acids is 1. The molecular weight excluding hydrogens is 451 g/mol. The van der Waals surface area contributed by atoms with Gasteiger partial charge in [-0.05, 0) is 67.1 Å². The number of nitrogens with zero attached hydrogens (tertiary/aromatic N) is 1. The first-order valence-electron chi connectivity index (χ1n) is 8.02. The number of nitro groups is 1. The van der Waals surface area contributed by atoms with Gasteiger partial charge in [-0.2, -0.15) is 0 Å². The number of amides is 1. The van der Waals surface area contributed by atoms with Gasteiger partial charge >= 0.3 is 0 Å². The molecule has 2 aromatic rings. The summed E-state index contributed by atoms with van der Waals surface area (Å²) in [5.74, 6) is 0.580. The van der Waals surface area contributed by atoms with Gasteiger partial charge in [-0.1, -0.05) is 6.07 Å². The summed E-state index contributed by atoms with van der Waals surface area (Å²) in [5, 5.41) is 13.8. The molecule has 0 spiro atoms. The van der Waals surface area contributed by atoms with E-state index >= 15 is 0 Å². The quantitative estimate of drug-likeness (QED) is 0.364. The van der Waals surface area contributed by atoms with E-state index in [1.54, 1.807) is 25.1 Å². The maximum absolute atomic E-state index is 12.6. The molecule has 0 aliphatic heterocycles. The number of nitrogens with one attached hydrogen (secondary N) is 1. The second kappa shape index (κ2) is 8.84. The lowest BCUT2D eigenvalue weighted by Crippen LogP contribution is -2.14. The lowest BCUT2D eigenvalue weighted by molar-refractivity contribution is -0.384. The van der Waals surface area contributed by atoms with Gasteiger partial charge < -0.3 is 14.8 Å². The zero-order valence-corrected chi connectivity index (χ0v) is 16.8. The average Bonchev–Trinajstić information content (AvgIpc) is 2.59. The molecule has 7 nitrogen and oxygen atoms in total. The first-order valence-corrected chi connectivity index (χ1v) is 9.10. The molecule has 0 aliphatic rings. The van der Waals surface area contributed by atoms with Crippen molar-refractivity contribution in [3.63, 3.8) is 0 Å². The lowest BCUT2D eigenvalue weighted by Gasteiger charge is -2.14. The SMILES string of the molecule is CCOc1cc(C(=O)Nc2ccc(C)cc2[N+](=O)[O-])cc(I)c1OCC. The van der Waals surface area contributed by atoms with E-state index in [1.807, 2.05) is 13.8 Å². The van der Waals surface area contributed by atoms with Crippen LogP contribution in [0.4, 0.5) is 11.4 Å². The third-order valence-electron chi connectivity index (χ3n) is 3.46. The Morgan fingerprint density at radius 3 is 2.50 bits per heavy atom. The fourth-order valence-corrected chi connectivity index (χ4v) is 3.10. The maximum Gasteiger partial charge on any atom is 0.293 e. The third kappa shape index (κ3) is 4.63. The normalized spacial score (nSPS) is 10.3. The minimum atomic E-state index is -0.518. The Labute approximate surface area is 165 Å². The van der Waals surface area contributed by atoms with Crippen LogP contribution in [0.5, 0.6) is 11.5 Å². The number of nitro benzene ring substituents is 1. The molecule has 2 rings (SSSR count). The second-order valence-corrected chi connectivity index (χ2v) is 6.55. The molecular formula is C18H19IN2O5. The first-order chi connectivity index (χ1) is 12.4. The van der Waals surface area contributed by atoms with Crippen molar-refractivity contribution >= 4 is 39.9 Å². The summed E-state index contributed by atoms with van der Waals surface area (Å²) in [6.45, 7) is 6.34. The molecule has 0 unspecified atom stereocenters. The monoisotopic (exact) mass is 470 g/mol. The van der Waals surface area contributed by atoms with Crippen LogP contribution in [0.2, 0.25) is 0 Å². The highest BCUT2D eigenvalue weighted by Crippen LogP contribution is 2.35. The van der Waals surface area contributed by atoms with Gasteiger partial charge in [0.1, 0.15) is 5.69 Å². The summed E-state index contributed by atoms with van der Waals surface area (Å²) < 4.78 is 11.9. The molecule has 1 N–H and O–H groups in total. The van der Waals surface area contributed by atoms with Crippen LogP contribution >= 0.6 is 22.6 Å². The van der Waals surface area contributed by atoms with Gasteiger partial charge in [-0.15, -0.1) is 0 Å². The highest BCUT2D eigenvalue weighted by atomic mass is 127. The summed E-state index contributed by atoms with van der Waals surface area (Å²) in [5.41, 5.74) is 1.07. The minimum absolute atomic E-state index is 0.146. The molecule has 0 radical (unpaired) electrons. The minimum Gasteiger partial charge on any atom is -0.490 e. The van der Waals surface area contributed by atoms with Crippen LogP contribution in [-0.4, -0.2) is 24.0 Å². The Morgan fingerprint density at radius 2 is 1.88 bits per heavy atom. The molecule has 0 heterocycles. The fourth-order valence-electron chi connectivity index (χ4n) is 2.34. The lowest BCUT2D eigenvalue weighted by atomic mass is 10.1. The number of benzene rings is 2. The Balaban J connectivity index is 2.37. The highest BCUT2D eigenvalue weighted by molar-refractivity contribution is 14.1. The van der Waals surface area contributed by atoms with Crippen LogP contribution in [0, 0.1) is 20.6 Å². The van der Waals surface area contributed by atoms with E-state index in [0.29, 0.717) is 30.3 Å². The smallest absolute Gasteiger partial charge is 0.293 e. The number of halogens is 1. The van der Waals surface area contributed by atoms with Gasteiger partial charge in [0.25, 0.3) is 11.6 Å². The number of aryl methyl sites for hydroxylation is 1. The largest absolute Gasteiger partial charge is 0.490 e. The van der Waals surface area contributed by atoms with Crippen molar-refractivity contribution < 1.29 is 19.2 Å². The molecule has 0 saturated carbocycles. The second-order valence-electron chi connectivity index (χ2n) is 5.38. The predicted molar refractivity (Wildman–Crippen MR) is 107 cm³/mol. The van der Waals surface area contributed by atoms with E-state index < -0.39 is 10.8 Å². The van der Waals surface area contributed by atoms with Crippen molar-refractivity contribution in [1.29, 1.82) is 0 Å². The topological polar surface area (TPSA) is 90.7 Å². The molecule has 0 atom stereocenters. The van der Waals surface area contributed by atoms with Crippen LogP contribution in [0.1, 0.15) is 29.8 Å². The third-order valence-corrected chi connectivity index (χ3v) is 4.26. The summed E-state index contributed by atoms with van der Waals surface area (Å²) in [6.07, 6.45) is 0. The summed E-state index contributed by atoms with van der Waals surface area (Å²) in [7, 11) is 0. The Kier molecular flexibility index (Phi) is 6.78. The van der Waals surface area contributed by atoms with Crippen LogP contribution in [0.25, 0.3) is 0 Å². The number of hydrogen-bond donors (Lipinski definition) is 1. The highest BCUT2D eigenvalue weighted by Gasteiger charge is 2.19. The number of rotatable bonds is 7. The Hall–Kier alpha value is -2.36. The Morgan fingerprint density at radius 1 is 1.19 bits per heavy atom.